The molecular weight excluding hydrogens is 228 g/mol. The lowest BCUT2D eigenvalue weighted by Crippen LogP contribution is -2.20. The van der Waals surface area contributed by atoms with E-state index in [-0.39, 0.29) is 5.56 Å². The maximum Gasteiger partial charge on any atom is 0.254 e. The third-order valence-corrected chi connectivity index (χ3v) is 3.26. The molecule has 2 heterocycles. The average molecular weight is 242 g/mol. The number of hydrogen-bond donors (Lipinski definition) is 0. The van der Waals surface area contributed by atoms with Crippen molar-refractivity contribution in [3.05, 3.63) is 46.5 Å². The lowest BCUT2D eigenvalue weighted by atomic mass is 10.1. The van der Waals surface area contributed by atoms with E-state index >= 15 is 0 Å². The van der Waals surface area contributed by atoms with Crippen molar-refractivity contribution in [1.29, 1.82) is 0 Å². The van der Waals surface area contributed by atoms with Crippen LogP contribution in [0.5, 0.6) is 5.75 Å². The summed E-state index contributed by atoms with van der Waals surface area (Å²) in [5.74, 6) is 1.70. The van der Waals surface area contributed by atoms with Crippen molar-refractivity contribution in [3.63, 3.8) is 0 Å². The fourth-order valence-corrected chi connectivity index (χ4v) is 2.29. The van der Waals surface area contributed by atoms with Crippen molar-refractivity contribution >= 4 is 0 Å². The summed E-state index contributed by atoms with van der Waals surface area (Å²) in [6.07, 6.45) is 1.90. The van der Waals surface area contributed by atoms with Gasteiger partial charge in [-0.25, -0.2) is 4.98 Å². The quantitative estimate of drug-likeness (QED) is 0.807. The van der Waals surface area contributed by atoms with E-state index in [4.69, 9.17) is 4.74 Å². The van der Waals surface area contributed by atoms with Gasteiger partial charge in [-0.2, -0.15) is 0 Å². The first kappa shape index (κ1) is 11.0. The monoisotopic (exact) mass is 242 g/mol. The van der Waals surface area contributed by atoms with E-state index in [1.54, 1.807) is 17.7 Å². The molecule has 0 bridgehead atoms. The fraction of sp³-hybridized carbons (Fsp3) is 0.286. The van der Waals surface area contributed by atoms with Crippen LogP contribution >= 0.6 is 0 Å². The van der Waals surface area contributed by atoms with Gasteiger partial charge >= 0.3 is 0 Å². The third kappa shape index (κ3) is 1.79. The van der Waals surface area contributed by atoms with Crippen LogP contribution in [0, 0.1) is 0 Å². The van der Waals surface area contributed by atoms with E-state index in [0.29, 0.717) is 0 Å². The number of ether oxygens (including phenoxy) is 1. The molecule has 0 N–H and O–H groups in total. The number of nitrogens with zero attached hydrogens (tertiary/aromatic N) is 2. The number of fused-ring (bicyclic) bond motifs is 1. The lowest BCUT2D eigenvalue weighted by Gasteiger charge is -2.06. The maximum atomic E-state index is 11.9. The van der Waals surface area contributed by atoms with Crippen molar-refractivity contribution < 1.29 is 4.74 Å². The zero-order valence-electron chi connectivity index (χ0n) is 10.2. The Morgan fingerprint density at radius 1 is 1.28 bits per heavy atom. The fourth-order valence-electron chi connectivity index (χ4n) is 2.29. The average Bonchev–Trinajstić information content (AvgIpc) is 2.88. The number of rotatable bonds is 2. The van der Waals surface area contributed by atoms with Gasteiger partial charge in [0.15, 0.2) is 0 Å². The molecule has 0 saturated heterocycles. The van der Waals surface area contributed by atoms with Gasteiger partial charge in [-0.05, 0) is 30.7 Å². The Morgan fingerprint density at radius 2 is 2.06 bits per heavy atom. The normalized spacial score (nSPS) is 13.4. The molecule has 3 rings (SSSR count). The molecule has 0 aliphatic carbocycles. The van der Waals surface area contributed by atoms with E-state index in [2.05, 4.69) is 4.98 Å². The van der Waals surface area contributed by atoms with Crippen LogP contribution in [0.25, 0.3) is 11.3 Å². The molecule has 2 aromatic rings. The molecule has 0 spiro atoms. The lowest BCUT2D eigenvalue weighted by molar-refractivity contribution is 0.415. The van der Waals surface area contributed by atoms with Crippen molar-refractivity contribution in [3.8, 4) is 17.0 Å². The number of aromatic nitrogens is 2. The van der Waals surface area contributed by atoms with Gasteiger partial charge < -0.3 is 4.74 Å². The molecule has 1 aromatic heterocycles. The van der Waals surface area contributed by atoms with E-state index in [9.17, 15) is 4.79 Å². The molecule has 0 unspecified atom stereocenters. The van der Waals surface area contributed by atoms with Gasteiger partial charge in [-0.1, -0.05) is 0 Å². The van der Waals surface area contributed by atoms with Crippen molar-refractivity contribution in [2.24, 2.45) is 0 Å². The molecule has 18 heavy (non-hydrogen) atoms. The minimum atomic E-state index is 0.0447. The summed E-state index contributed by atoms with van der Waals surface area (Å²) in [7, 11) is 1.63. The Hall–Kier alpha value is -2.10. The van der Waals surface area contributed by atoms with Crippen LogP contribution in [0.3, 0.4) is 0 Å². The Labute approximate surface area is 105 Å². The number of benzene rings is 1. The summed E-state index contributed by atoms with van der Waals surface area (Å²) >= 11 is 0. The summed E-state index contributed by atoms with van der Waals surface area (Å²) in [6, 6.07) is 9.21. The molecule has 4 heteroatoms. The van der Waals surface area contributed by atoms with Gasteiger partial charge in [0.2, 0.25) is 0 Å². The Kier molecular flexibility index (Phi) is 2.63. The predicted molar refractivity (Wildman–Crippen MR) is 68.8 cm³/mol. The van der Waals surface area contributed by atoms with Crippen LogP contribution < -0.4 is 10.3 Å². The Balaban J connectivity index is 2.06. The van der Waals surface area contributed by atoms with Gasteiger partial charge in [-0.3, -0.25) is 9.36 Å². The second-order valence-corrected chi connectivity index (χ2v) is 4.38. The smallest absolute Gasteiger partial charge is 0.254 e. The maximum absolute atomic E-state index is 11.9. The van der Waals surface area contributed by atoms with Crippen LogP contribution in [0.1, 0.15) is 12.2 Å². The van der Waals surface area contributed by atoms with Crippen molar-refractivity contribution in [1.82, 2.24) is 9.55 Å². The van der Waals surface area contributed by atoms with Gasteiger partial charge in [0, 0.05) is 24.6 Å². The second-order valence-electron chi connectivity index (χ2n) is 4.38. The molecule has 0 fully saturated rings. The molecule has 0 radical (unpaired) electrons. The van der Waals surface area contributed by atoms with E-state index in [1.807, 2.05) is 24.3 Å². The molecule has 1 aromatic carbocycles. The van der Waals surface area contributed by atoms with E-state index in [1.165, 1.54) is 0 Å². The molecular formula is C14H14N2O2. The summed E-state index contributed by atoms with van der Waals surface area (Å²) in [5, 5.41) is 0. The van der Waals surface area contributed by atoms with Crippen LogP contribution in [-0.4, -0.2) is 16.7 Å². The van der Waals surface area contributed by atoms with Crippen molar-refractivity contribution in [2.45, 2.75) is 19.4 Å². The van der Waals surface area contributed by atoms with Crippen LogP contribution in [0.2, 0.25) is 0 Å². The first-order valence-corrected chi connectivity index (χ1v) is 6.03. The van der Waals surface area contributed by atoms with Gasteiger partial charge in [0.05, 0.1) is 12.8 Å². The summed E-state index contributed by atoms with van der Waals surface area (Å²) in [4.78, 5) is 16.5. The van der Waals surface area contributed by atoms with Gasteiger partial charge in [0.1, 0.15) is 11.6 Å². The zero-order chi connectivity index (χ0) is 12.5. The van der Waals surface area contributed by atoms with Crippen LogP contribution in [0.15, 0.2) is 35.1 Å². The second kappa shape index (κ2) is 4.29. The van der Waals surface area contributed by atoms with E-state index in [0.717, 1.165) is 42.2 Å². The van der Waals surface area contributed by atoms with Crippen LogP contribution in [-0.2, 0) is 13.0 Å². The first-order chi connectivity index (χ1) is 8.78. The predicted octanol–water partition coefficient (Wildman–Crippen LogP) is 1.87. The molecule has 1 aliphatic rings. The summed E-state index contributed by atoms with van der Waals surface area (Å²) < 4.78 is 6.87. The molecule has 0 atom stereocenters. The SMILES string of the molecule is COc1ccc(-c2cc(=O)n3c(n2)CCC3)cc1. The van der Waals surface area contributed by atoms with Crippen molar-refractivity contribution in [2.75, 3.05) is 7.11 Å². The topological polar surface area (TPSA) is 44.1 Å². The molecule has 0 amide bonds. The number of methoxy groups -OCH3 is 1. The van der Waals surface area contributed by atoms with Gasteiger partial charge in [0.25, 0.3) is 5.56 Å². The largest absolute Gasteiger partial charge is 0.497 e. The number of aryl methyl sites for hydroxylation is 1. The Bertz CT molecular complexity index is 629. The highest BCUT2D eigenvalue weighted by atomic mass is 16.5. The highest BCUT2D eigenvalue weighted by Crippen LogP contribution is 2.21. The molecule has 0 saturated carbocycles. The minimum Gasteiger partial charge on any atom is -0.497 e. The minimum absolute atomic E-state index is 0.0447. The number of hydrogen-bond acceptors (Lipinski definition) is 3. The third-order valence-electron chi connectivity index (χ3n) is 3.26. The highest BCUT2D eigenvalue weighted by Gasteiger charge is 2.14. The summed E-state index contributed by atoms with van der Waals surface area (Å²) in [6.45, 7) is 0.796. The standard InChI is InChI=1S/C14H14N2O2/c1-18-11-6-4-10(5-7-11)12-9-14(17)16-8-2-3-13(16)15-12/h4-7,9H,2-3,8H2,1H3. The van der Waals surface area contributed by atoms with E-state index < -0.39 is 0 Å². The molecule has 1 aliphatic heterocycles. The summed E-state index contributed by atoms with van der Waals surface area (Å²) in [5.41, 5.74) is 1.74. The van der Waals surface area contributed by atoms with Gasteiger partial charge in [-0.15, -0.1) is 0 Å². The van der Waals surface area contributed by atoms with Crippen LogP contribution in [0.4, 0.5) is 0 Å². The highest BCUT2D eigenvalue weighted by molar-refractivity contribution is 5.59. The zero-order valence-corrected chi connectivity index (χ0v) is 10.2. The molecule has 4 nitrogen and oxygen atoms in total. The molecule has 92 valence electrons. The Morgan fingerprint density at radius 3 is 2.78 bits per heavy atom. The first-order valence-electron chi connectivity index (χ1n) is 6.03.